The van der Waals surface area contributed by atoms with E-state index in [1.165, 1.54) is 0 Å². The van der Waals surface area contributed by atoms with Crippen LogP contribution in [0.3, 0.4) is 0 Å². The predicted molar refractivity (Wildman–Crippen MR) is 142 cm³/mol. The van der Waals surface area contributed by atoms with Gasteiger partial charge in [-0.25, -0.2) is 4.57 Å². The molecule has 0 spiro atoms. The minimum Gasteiger partial charge on any atom is -0.481 e. The number of phosphoric ester groups is 1. The maximum absolute atomic E-state index is 13.1. The van der Waals surface area contributed by atoms with Crippen LogP contribution in [0.15, 0.2) is 0 Å². The lowest BCUT2D eigenvalue weighted by molar-refractivity contribution is -0.140. The van der Waals surface area contributed by atoms with Crippen molar-refractivity contribution in [2.24, 2.45) is 5.73 Å². The fraction of sp³-hybridized carbons (Fsp3) is 0.636. The van der Waals surface area contributed by atoms with Crippen molar-refractivity contribution in [2.75, 3.05) is 6.54 Å². The van der Waals surface area contributed by atoms with Crippen LogP contribution in [0, 0.1) is 0 Å². The summed E-state index contributed by atoms with van der Waals surface area (Å²) in [5, 5.41) is 28.5. The van der Waals surface area contributed by atoms with Crippen molar-refractivity contribution in [1.82, 2.24) is 26.6 Å². The van der Waals surface area contributed by atoms with E-state index >= 15 is 0 Å². The first-order chi connectivity index (χ1) is 19.8. The van der Waals surface area contributed by atoms with E-state index in [0.29, 0.717) is 0 Å². The van der Waals surface area contributed by atoms with Gasteiger partial charge in [-0.15, -0.1) is 0 Å². The molecular weight excluding hydrogens is 603 g/mol. The third-order valence-corrected chi connectivity index (χ3v) is 6.10. The van der Waals surface area contributed by atoms with Crippen molar-refractivity contribution in [1.29, 1.82) is 0 Å². The van der Waals surface area contributed by atoms with E-state index in [0.717, 1.165) is 13.8 Å². The molecule has 0 aromatic rings. The maximum Gasteiger partial charge on any atom is 0.469 e. The SMILES string of the molecule is CC[C@H](N)C(=O)NCC(=O)N[C@H](C(=O)N[C@@H](CCC(=O)O)C(=O)N[C@@H](C)C(=O)N[C@H](C=O)CC(=O)O)[C@@H](C)OP(=O)(O)O. The van der Waals surface area contributed by atoms with E-state index in [1.807, 2.05) is 0 Å². The molecule has 11 N–H and O–H groups in total. The number of carbonyl (C=O) groups is 8. The van der Waals surface area contributed by atoms with Gasteiger partial charge >= 0.3 is 19.8 Å². The van der Waals surface area contributed by atoms with Gasteiger partial charge in [0.2, 0.25) is 29.5 Å². The minimum absolute atomic E-state index is 0.162. The van der Waals surface area contributed by atoms with Crippen LogP contribution in [-0.2, 0) is 47.4 Å². The fourth-order valence-electron chi connectivity index (χ4n) is 3.19. The van der Waals surface area contributed by atoms with E-state index < -0.39 is 111 Å². The Hall–Kier alpha value is -3.97. The molecule has 0 aliphatic heterocycles. The van der Waals surface area contributed by atoms with E-state index in [4.69, 9.17) is 25.7 Å². The Kier molecular flexibility index (Phi) is 16.8. The number of nitrogens with one attached hydrogen (secondary N) is 5. The van der Waals surface area contributed by atoms with E-state index in [2.05, 4.69) is 31.1 Å². The second-order valence-electron chi connectivity index (χ2n) is 9.15. The van der Waals surface area contributed by atoms with Crippen molar-refractivity contribution < 1.29 is 67.4 Å². The lowest BCUT2D eigenvalue weighted by Gasteiger charge is -2.27. The van der Waals surface area contributed by atoms with Gasteiger partial charge < -0.3 is 57.1 Å². The third-order valence-electron chi connectivity index (χ3n) is 5.49. The van der Waals surface area contributed by atoms with Gasteiger partial charge in [0.15, 0.2) is 0 Å². The molecule has 21 heteroatoms. The van der Waals surface area contributed by atoms with E-state index in [1.54, 1.807) is 6.92 Å². The molecule has 0 rings (SSSR count). The molecule has 0 radical (unpaired) electrons. The van der Waals surface area contributed by atoms with Gasteiger partial charge in [-0.3, -0.25) is 38.1 Å². The van der Waals surface area contributed by atoms with E-state index in [9.17, 15) is 42.9 Å². The van der Waals surface area contributed by atoms with Gasteiger partial charge in [-0.1, -0.05) is 6.92 Å². The highest BCUT2D eigenvalue weighted by Crippen LogP contribution is 2.38. The molecule has 0 heterocycles. The number of hydrogen-bond donors (Lipinski definition) is 10. The Bertz CT molecular complexity index is 1100. The Morgan fingerprint density at radius 1 is 0.884 bits per heavy atom. The molecule has 0 saturated carbocycles. The Labute approximate surface area is 245 Å². The molecule has 0 bridgehead atoms. The monoisotopic (exact) mass is 640 g/mol. The molecule has 244 valence electrons. The number of aldehydes is 1. The normalized spacial score (nSPS) is 15.3. The lowest BCUT2D eigenvalue weighted by atomic mass is 10.1. The lowest BCUT2D eigenvalue weighted by Crippen LogP contribution is -2.59. The summed E-state index contributed by atoms with van der Waals surface area (Å²) in [6, 6.07) is -7.37. The second kappa shape index (κ2) is 18.5. The molecule has 0 saturated heterocycles. The highest BCUT2D eigenvalue weighted by atomic mass is 31.2. The number of rotatable bonds is 20. The summed E-state index contributed by atoms with van der Waals surface area (Å²) in [6.07, 6.45) is -3.32. The molecule has 0 aliphatic carbocycles. The highest BCUT2D eigenvalue weighted by molar-refractivity contribution is 7.46. The van der Waals surface area contributed by atoms with Crippen molar-refractivity contribution in [2.45, 2.75) is 82.8 Å². The topological polar surface area (TPSA) is 330 Å². The molecule has 20 nitrogen and oxygen atoms in total. The molecular formula is C22H37N6O14P. The van der Waals surface area contributed by atoms with Crippen molar-refractivity contribution in [3.63, 3.8) is 0 Å². The predicted octanol–water partition coefficient (Wildman–Crippen LogP) is -4.16. The van der Waals surface area contributed by atoms with Crippen molar-refractivity contribution >= 4 is 55.6 Å². The summed E-state index contributed by atoms with van der Waals surface area (Å²) in [4.78, 5) is 114. The molecule has 5 amide bonds. The van der Waals surface area contributed by atoms with Crippen LogP contribution < -0.4 is 32.3 Å². The number of carbonyl (C=O) groups excluding carboxylic acids is 6. The average Bonchev–Trinajstić information content (AvgIpc) is 2.89. The van der Waals surface area contributed by atoms with Crippen LogP contribution in [0.4, 0.5) is 0 Å². The Morgan fingerprint density at radius 3 is 1.98 bits per heavy atom. The zero-order valence-corrected chi connectivity index (χ0v) is 24.4. The van der Waals surface area contributed by atoms with Gasteiger partial charge in [-0.2, -0.15) is 0 Å². The van der Waals surface area contributed by atoms with Gasteiger partial charge in [0.25, 0.3) is 0 Å². The first-order valence-corrected chi connectivity index (χ1v) is 14.2. The van der Waals surface area contributed by atoms with Crippen molar-refractivity contribution in [3.8, 4) is 0 Å². The molecule has 0 unspecified atom stereocenters. The number of nitrogens with two attached hydrogens (primary N) is 1. The highest BCUT2D eigenvalue weighted by Gasteiger charge is 2.35. The fourth-order valence-corrected chi connectivity index (χ4v) is 3.74. The zero-order chi connectivity index (χ0) is 33.5. The molecule has 0 fully saturated rings. The molecule has 0 aliphatic rings. The first kappa shape index (κ1) is 39.0. The van der Waals surface area contributed by atoms with Gasteiger partial charge in [-0.05, 0) is 26.7 Å². The van der Waals surface area contributed by atoms with Crippen LogP contribution in [-0.4, -0.2) is 111 Å². The Balaban J connectivity index is 5.83. The number of hydrogen-bond acceptors (Lipinski definition) is 11. The van der Waals surface area contributed by atoms with Crippen molar-refractivity contribution in [3.05, 3.63) is 0 Å². The standard InChI is InChI=1S/C22H37N6O14P/c1-4-13(23)20(36)24-8-15(30)28-18(11(3)42-43(39,40)41)22(38)27-14(5-6-16(31)32)21(37)25-10(2)19(35)26-12(9-29)7-17(33)34/h9-14,18H,4-8,23H2,1-3H3,(H,24,36)(H,25,37)(H,26,35)(H,27,38)(H,28,30)(H,31,32)(H,33,34)(H2,39,40,41)/t10-,11+,12-,13-,14-,18-/m0/s1. The van der Waals surface area contributed by atoms with Crippen LogP contribution in [0.2, 0.25) is 0 Å². The van der Waals surface area contributed by atoms with Gasteiger partial charge in [0, 0.05) is 6.42 Å². The molecule has 0 aromatic carbocycles. The summed E-state index contributed by atoms with van der Waals surface area (Å²) in [6.45, 7) is 3.04. The maximum atomic E-state index is 13.1. The molecule has 6 atom stereocenters. The smallest absolute Gasteiger partial charge is 0.469 e. The summed E-state index contributed by atoms with van der Waals surface area (Å²) in [5.41, 5.74) is 5.55. The molecule has 0 aromatic heterocycles. The first-order valence-electron chi connectivity index (χ1n) is 12.7. The molecule has 43 heavy (non-hydrogen) atoms. The summed E-state index contributed by atoms with van der Waals surface area (Å²) in [7, 11) is -5.22. The minimum atomic E-state index is -5.22. The van der Waals surface area contributed by atoms with Crippen LogP contribution in [0.25, 0.3) is 0 Å². The van der Waals surface area contributed by atoms with Gasteiger partial charge in [0.1, 0.15) is 24.4 Å². The number of amides is 5. The number of phosphoric acid groups is 1. The van der Waals surface area contributed by atoms with Crippen LogP contribution in [0.1, 0.15) is 46.5 Å². The summed E-state index contributed by atoms with van der Waals surface area (Å²) >= 11 is 0. The Morgan fingerprint density at radius 2 is 1.49 bits per heavy atom. The van der Waals surface area contributed by atoms with E-state index in [-0.39, 0.29) is 12.7 Å². The average molecular weight is 641 g/mol. The third kappa shape index (κ3) is 16.3. The van der Waals surface area contributed by atoms with Gasteiger partial charge in [0.05, 0.1) is 31.2 Å². The summed E-state index contributed by atoms with van der Waals surface area (Å²) < 4.78 is 15.8. The summed E-state index contributed by atoms with van der Waals surface area (Å²) in [5.74, 6) is -7.89. The second-order valence-corrected chi connectivity index (χ2v) is 10.3. The quantitative estimate of drug-likeness (QED) is 0.0446. The largest absolute Gasteiger partial charge is 0.481 e. The number of aliphatic carboxylic acids is 2. The number of carboxylic acid groups (broad SMARTS) is 2. The number of carboxylic acids is 2. The van der Waals surface area contributed by atoms with Crippen LogP contribution in [0.5, 0.6) is 0 Å². The van der Waals surface area contributed by atoms with Crippen LogP contribution >= 0.6 is 7.82 Å². The zero-order valence-electron chi connectivity index (χ0n) is 23.5.